The highest BCUT2D eigenvalue weighted by atomic mass is 32.1. The van der Waals surface area contributed by atoms with E-state index in [0.29, 0.717) is 13.2 Å². The third kappa shape index (κ3) is 3.14. The lowest BCUT2D eigenvalue weighted by Gasteiger charge is -2.05. The van der Waals surface area contributed by atoms with Crippen molar-refractivity contribution in [1.29, 1.82) is 0 Å². The SMILES string of the molecule is CCOc1ccc2c(c1)sc(=O)n2CCOC(C)=O. The van der Waals surface area contributed by atoms with Crippen molar-refractivity contribution in [2.24, 2.45) is 0 Å². The summed E-state index contributed by atoms with van der Waals surface area (Å²) in [6.07, 6.45) is 0. The minimum atomic E-state index is -0.341. The van der Waals surface area contributed by atoms with E-state index in [9.17, 15) is 9.59 Å². The quantitative estimate of drug-likeness (QED) is 0.787. The number of rotatable bonds is 5. The Morgan fingerprint density at radius 1 is 1.42 bits per heavy atom. The van der Waals surface area contributed by atoms with Crippen LogP contribution in [-0.2, 0) is 16.1 Å². The summed E-state index contributed by atoms with van der Waals surface area (Å²) in [5.41, 5.74) is 0.839. The maximum absolute atomic E-state index is 11.9. The van der Waals surface area contributed by atoms with Crippen molar-refractivity contribution in [3.05, 3.63) is 27.9 Å². The number of carbonyl (C=O) groups excluding carboxylic acids is 1. The Kier molecular flexibility index (Phi) is 4.21. The Balaban J connectivity index is 2.26. The molecule has 0 N–H and O–H groups in total. The molecule has 5 nitrogen and oxygen atoms in total. The first-order valence-corrected chi connectivity index (χ1v) is 6.83. The van der Waals surface area contributed by atoms with E-state index in [-0.39, 0.29) is 17.4 Å². The lowest BCUT2D eigenvalue weighted by atomic mass is 10.3. The van der Waals surface area contributed by atoms with Gasteiger partial charge in [0.15, 0.2) is 0 Å². The van der Waals surface area contributed by atoms with Crippen molar-refractivity contribution in [2.75, 3.05) is 13.2 Å². The molecule has 6 heteroatoms. The Morgan fingerprint density at radius 2 is 2.21 bits per heavy atom. The van der Waals surface area contributed by atoms with Gasteiger partial charge < -0.3 is 9.47 Å². The third-order valence-corrected chi connectivity index (χ3v) is 3.51. The van der Waals surface area contributed by atoms with Crippen molar-refractivity contribution in [1.82, 2.24) is 4.57 Å². The van der Waals surface area contributed by atoms with E-state index < -0.39 is 0 Å². The summed E-state index contributed by atoms with van der Waals surface area (Å²) in [4.78, 5) is 22.5. The fourth-order valence-electron chi connectivity index (χ4n) is 1.80. The number of ether oxygens (including phenoxy) is 2. The molecule has 0 radical (unpaired) electrons. The van der Waals surface area contributed by atoms with E-state index in [2.05, 4.69) is 0 Å². The normalized spacial score (nSPS) is 10.6. The number of carbonyl (C=O) groups is 1. The van der Waals surface area contributed by atoms with E-state index in [1.54, 1.807) is 4.57 Å². The first kappa shape index (κ1) is 13.6. The number of hydrogen-bond donors (Lipinski definition) is 0. The zero-order valence-corrected chi connectivity index (χ0v) is 11.7. The second kappa shape index (κ2) is 5.88. The topological polar surface area (TPSA) is 57.5 Å². The van der Waals surface area contributed by atoms with Crippen LogP contribution in [0.3, 0.4) is 0 Å². The van der Waals surface area contributed by atoms with Gasteiger partial charge in [0.05, 0.1) is 23.4 Å². The molecule has 0 aliphatic heterocycles. The van der Waals surface area contributed by atoms with Gasteiger partial charge in [0.2, 0.25) is 0 Å². The lowest BCUT2D eigenvalue weighted by Crippen LogP contribution is -2.17. The van der Waals surface area contributed by atoms with Crippen LogP contribution in [0, 0.1) is 0 Å². The Hall–Kier alpha value is -1.82. The summed E-state index contributed by atoms with van der Waals surface area (Å²) >= 11 is 1.16. The van der Waals surface area contributed by atoms with Gasteiger partial charge in [-0.1, -0.05) is 11.3 Å². The summed E-state index contributed by atoms with van der Waals surface area (Å²) in [6.45, 7) is 4.42. The van der Waals surface area contributed by atoms with Gasteiger partial charge >= 0.3 is 10.8 Å². The first-order valence-electron chi connectivity index (χ1n) is 6.01. The average Bonchev–Trinajstić information content (AvgIpc) is 2.65. The van der Waals surface area contributed by atoms with Gasteiger partial charge in [0.1, 0.15) is 12.4 Å². The van der Waals surface area contributed by atoms with Gasteiger partial charge in [-0.3, -0.25) is 14.2 Å². The predicted molar refractivity (Wildman–Crippen MR) is 73.9 cm³/mol. The molecule has 0 saturated heterocycles. The van der Waals surface area contributed by atoms with E-state index in [1.807, 2.05) is 25.1 Å². The van der Waals surface area contributed by atoms with Crippen molar-refractivity contribution in [3.8, 4) is 5.75 Å². The number of aromatic nitrogens is 1. The van der Waals surface area contributed by atoms with Crippen LogP contribution in [0.15, 0.2) is 23.0 Å². The number of hydrogen-bond acceptors (Lipinski definition) is 5. The molecule has 102 valence electrons. The second-order valence-electron chi connectivity index (χ2n) is 3.92. The zero-order valence-electron chi connectivity index (χ0n) is 10.8. The minimum absolute atomic E-state index is 0.0594. The molecule has 19 heavy (non-hydrogen) atoms. The predicted octanol–water partition coefficient (Wildman–Crippen LogP) is 2.02. The molecule has 0 aliphatic carbocycles. The fraction of sp³-hybridized carbons (Fsp3) is 0.385. The van der Waals surface area contributed by atoms with Gasteiger partial charge in [-0.2, -0.15) is 0 Å². The number of thiazole rings is 1. The molecule has 0 aliphatic rings. The van der Waals surface area contributed by atoms with Crippen LogP contribution in [0.4, 0.5) is 0 Å². The molecule has 0 bridgehead atoms. The molecular weight excluding hydrogens is 266 g/mol. The average molecular weight is 281 g/mol. The first-order chi connectivity index (χ1) is 9.11. The molecule has 0 spiro atoms. The van der Waals surface area contributed by atoms with Crippen LogP contribution in [0.5, 0.6) is 5.75 Å². The zero-order chi connectivity index (χ0) is 13.8. The molecule has 0 fully saturated rings. The molecule has 2 rings (SSSR count). The highest BCUT2D eigenvalue weighted by Gasteiger charge is 2.08. The van der Waals surface area contributed by atoms with Crippen molar-refractivity contribution < 1.29 is 14.3 Å². The van der Waals surface area contributed by atoms with Gasteiger partial charge in [0, 0.05) is 6.92 Å². The standard InChI is InChI=1S/C13H15NO4S/c1-3-17-10-4-5-11-12(8-10)19-13(16)14(11)6-7-18-9(2)15/h4-5,8H,3,6-7H2,1-2H3. The number of nitrogens with zero attached hydrogens (tertiary/aromatic N) is 1. The van der Waals surface area contributed by atoms with Crippen LogP contribution >= 0.6 is 11.3 Å². The summed E-state index contributed by atoms with van der Waals surface area (Å²) in [5, 5.41) is 0. The van der Waals surface area contributed by atoms with Gasteiger partial charge in [-0.25, -0.2) is 0 Å². The maximum Gasteiger partial charge on any atom is 0.308 e. The number of fused-ring (bicyclic) bond motifs is 1. The maximum atomic E-state index is 11.9. The van der Waals surface area contributed by atoms with Crippen LogP contribution in [0.2, 0.25) is 0 Å². The summed E-state index contributed by atoms with van der Waals surface area (Å²) in [7, 11) is 0. The van der Waals surface area contributed by atoms with Crippen molar-refractivity contribution >= 4 is 27.5 Å². The van der Waals surface area contributed by atoms with Crippen LogP contribution in [-0.4, -0.2) is 23.8 Å². The van der Waals surface area contributed by atoms with Crippen LogP contribution in [0.25, 0.3) is 10.2 Å². The lowest BCUT2D eigenvalue weighted by molar-refractivity contribution is -0.141. The van der Waals surface area contributed by atoms with Gasteiger partial charge in [-0.15, -0.1) is 0 Å². The molecule has 1 heterocycles. The van der Waals surface area contributed by atoms with Crippen molar-refractivity contribution in [3.63, 3.8) is 0 Å². The second-order valence-corrected chi connectivity index (χ2v) is 4.92. The van der Waals surface area contributed by atoms with E-state index in [0.717, 1.165) is 27.3 Å². The highest BCUT2D eigenvalue weighted by Crippen LogP contribution is 2.23. The van der Waals surface area contributed by atoms with Gasteiger partial charge in [0.25, 0.3) is 0 Å². The molecule has 0 saturated carbocycles. The van der Waals surface area contributed by atoms with Gasteiger partial charge in [-0.05, 0) is 25.1 Å². The third-order valence-electron chi connectivity index (χ3n) is 2.57. The Labute approximate surface area is 114 Å². The molecule has 0 unspecified atom stereocenters. The summed E-state index contributed by atoms with van der Waals surface area (Å²) in [6, 6.07) is 5.54. The van der Waals surface area contributed by atoms with Crippen LogP contribution in [0.1, 0.15) is 13.8 Å². The highest BCUT2D eigenvalue weighted by molar-refractivity contribution is 7.16. The molecule has 1 aromatic carbocycles. The fourth-order valence-corrected chi connectivity index (χ4v) is 2.74. The van der Waals surface area contributed by atoms with E-state index in [4.69, 9.17) is 9.47 Å². The summed E-state index contributed by atoms with van der Waals surface area (Å²) in [5.74, 6) is 0.412. The largest absolute Gasteiger partial charge is 0.494 e. The molecule has 2 aromatic rings. The molecule has 0 atom stereocenters. The van der Waals surface area contributed by atoms with E-state index >= 15 is 0 Å². The van der Waals surface area contributed by atoms with Crippen molar-refractivity contribution in [2.45, 2.75) is 20.4 Å². The number of benzene rings is 1. The molecule has 1 aromatic heterocycles. The summed E-state index contributed by atoms with van der Waals surface area (Å²) < 4.78 is 12.7. The minimum Gasteiger partial charge on any atom is -0.494 e. The number of esters is 1. The Bertz CT molecular complexity index is 644. The van der Waals surface area contributed by atoms with E-state index in [1.165, 1.54) is 6.92 Å². The van der Waals surface area contributed by atoms with Crippen LogP contribution < -0.4 is 9.61 Å². The smallest absolute Gasteiger partial charge is 0.308 e. The molecule has 0 amide bonds. The Morgan fingerprint density at radius 3 is 2.89 bits per heavy atom. The molecular formula is C13H15NO4S. The monoisotopic (exact) mass is 281 g/mol.